The first-order chi connectivity index (χ1) is 9.67. The number of methoxy groups -OCH3 is 1. The quantitative estimate of drug-likeness (QED) is 0.719. The van der Waals surface area contributed by atoms with E-state index in [-0.39, 0.29) is 0 Å². The maximum absolute atomic E-state index is 5.24. The molecule has 3 rings (SSSR count). The highest BCUT2D eigenvalue weighted by atomic mass is 32.1. The Hall–Kier alpha value is -1.94. The minimum atomic E-state index is 0.443. The molecular formula is C16H15N2OS. The van der Waals surface area contributed by atoms with Crippen LogP contribution in [0.3, 0.4) is 0 Å². The molecule has 0 aliphatic rings. The molecule has 0 amide bonds. The zero-order chi connectivity index (χ0) is 14.1. The van der Waals surface area contributed by atoms with Crippen molar-refractivity contribution in [2.45, 2.75) is 19.8 Å². The summed E-state index contributed by atoms with van der Waals surface area (Å²) in [5.74, 6) is 1.25. The van der Waals surface area contributed by atoms with Gasteiger partial charge in [0.15, 0.2) is 0 Å². The molecule has 0 saturated heterocycles. The maximum atomic E-state index is 5.24. The molecule has 2 heterocycles. The van der Waals surface area contributed by atoms with Gasteiger partial charge < -0.3 is 4.74 Å². The van der Waals surface area contributed by atoms with Crippen molar-refractivity contribution in [2.24, 2.45) is 0 Å². The predicted molar refractivity (Wildman–Crippen MR) is 82.3 cm³/mol. The number of pyridine rings is 1. The maximum Gasteiger partial charge on any atom is 0.121 e. The second-order valence-corrected chi connectivity index (χ2v) is 5.78. The Kier molecular flexibility index (Phi) is 3.40. The molecule has 20 heavy (non-hydrogen) atoms. The summed E-state index contributed by atoms with van der Waals surface area (Å²) in [5, 5.41) is 4.17. The van der Waals surface area contributed by atoms with Crippen LogP contribution in [0.4, 0.5) is 0 Å². The normalized spacial score (nSPS) is 11.2. The summed E-state index contributed by atoms with van der Waals surface area (Å²) < 4.78 is 5.24. The number of fused-ring (bicyclic) bond motifs is 1. The number of thiazole rings is 1. The molecule has 1 radical (unpaired) electrons. The van der Waals surface area contributed by atoms with E-state index < -0.39 is 0 Å². The third kappa shape index (κ3) is 2.39. The summed E-state index contributed by atoms with van der Waals surface area (Å²) in [5.41, 5.74) is 2.65. The van der Waals surface area contributed by atoms with Crippen LogP contribution in [0.25, 0.3) is 22.3 Å². The van der Waals surface area contributed by atoms with Gasteiger partial charge in [-0.1, -0.05) is 13.8 Å². The van der Waals surface area contributed by atoms with Crippen molar-refractivity contribution in [2.75, 3.05) is 7.11 Å². The Labute approximate surface area is 122 Å². The van der Waals surface area contributed by atoms with Crippen molar-refractivity contribution in [3.8, 4) is 17.1 Å². The molecule has 0 spiro atoms. The molecule has 0 aliphatic carbocycles. The first-order valence-corrected chi connectivity index (χ1v) is 7.37. The third-order valence-electron chi connectivity index (χ3n) is 3.09. The number of benzene rings is 1. The van der Waals surface area contributed by atoms with Gasteiger partial charge >= 0.3 is 0 Å². The van der Waals surface area contributed by atoms with Crippen molar-refractivity contribution in [1.29, 1.82) is 0 Å². The molecule has 0 aliphatic heterocycles. The van der Waals surface area contributed by atoms with Crippen molar-refractivity contribution in [1.82, 2.24) is 9.97 Å². The highest BCUT2D eigenvalue weighted by molar-refractivity contribution is 7.10. The van der Waals surface area contributed by atoms with Gasteiger partial charge in [-0.05, 0) is 24.3 Å². The van der Waals surface area contributed by atoms with Crippen LogP contribution < -0.4 is 4.74 Å². The van der Waals surface area contributed by atoms with Gasteiger partial charge in [-0.3, -0.25) is 0 Å². The molecule has 1 aromatic carbocycles. The molecule has 101 valence electrons. The molecule has 0 atom stereocenters. The lowest BCUT2D eigenvalue weighted by molar-refractivity contribution is 0.415. The number of aromatic nitrogens is 2. The van der Waals surface area contributed by atoms with Crippen LogP contribution in [0, 0.1) is 6.07 Å². The van der Waals surface area contributed by atoms with Gasteiger partial charge in [0, 0.05) is 22.8 Å². The number of ether oxygens (including phenoxy) is 1. The fourth-order valence-electron chi connectivity index (χ4n) is 1.96. The lowest BCUT2D eigenvalue weighted by Crippen LogP contribution is -1.89. The Bertz CT molecular complexity index is 749. The van der Waals surface area contributed by atoms with E-state index in [1.165, 1.54) is 0 Å². The van der Waals surface area contributed by atoms with Gasteiger partial charge in [-0.25, -0.2) is 9.97 Å². The Morgan fingerprint density at radius 1 is 1.20 bits per heavy atom. The summed E-state index contributed by atoms with van der Waals surface area (Å²) in [6.07, 6.45) is 0. The first kappa shape index (κ1) is 13.1. The molecular weight excluding hydrogens is 268 g/mol. The van der Waals surface area contributed by atoms with Gasteiger partial charge in [-0.2, -0.15) is 0 Å². The van der Waals surface area contributed by atoms with Gasteiger partial charge in [0.1, 0.15) is 5.75 Å². The summed E-state index contributed by atoms with van der Waals surface area (Å²) >= 11 is 1.68. The summed E-state index contributed by atoms with van der Waals surface area (Å²) in [6, 6.07) is 11.0. The van der Waals surface area contributed by atoms with E-state index in [9.17, 15) is 0 Å². The van der Waals surface area contributed by atoms with E-state index in [4.69, 9.17) is 4.74 Å². The largest absolute Gasteiger partial charge is 0.497 e. The van der Waals surface area contributed by atoms with Crippen LogP contribution in [-0.4, -0.2) is 17.1 Å². The van der Waals surface area contributed by atoms with E-state index >= 15 is 0 Å². The molecule has 0 N–H and O–H groups in total. The molecule has 3 aromatic rings. The number of nitrogens with zero attached hydrogens (tertiary/aromatic N) is 2. The molecule has 0 unspecified atom stereocenters. The van der Waals surface area contributed by atoms with Crippen LogP contribution in [0.5, 0.6) is 5.75 Å². The van der Waals surface area contributed by atoms with Gasteiger partial charge in [-0.15, -0.1) is 11.3 Å². The van der Waals surface area contributed by atoms with Crippen molar-refractivity contribution in [3.05, 3.63) is 40.7 Å². The highest BCUT2D eigenvalue weighted by Gasteiger charge is 2.09. The monoisotopic (exact) mass is 283 g/mol. The van der Waals surface area contributed by atoms with Crippen LogP contribution in [0.2, 0.25) is 0 Å². The van der Waals surface area contributed by atoms with Gasteiger partial charge in [0.05, 0.1) is 29.0 Å². The number of rotatable bonds is 3. The van der Waals surface area contributed by atoms with Crippen LogP contribution >= 0.6 is 11.3 Å². The fourth-order valence-corrected chi connectivity index (χ4v) is 2.79. The lowest BCUT2D eigenvalue weighted by atomic mass is 10.2. The zero-order valence-electron chi connectivity index (χ0n) is 11.7. The van der Waals surface area contributed by atoms with Crippen LogP contribution in [-0.2, 0) is 0 Å². The molecule has 0 fully saturated rings. The van der Waals surface area contributed by atoms with E-state index in [0.717, 1.165) is 33.0 Å². The fraction of sp³-hybridized carbons (Fsp3) is 0.250. The Balaban J connectivity index is 2.06. The van der Waals surface area contributed by atoms with Crippen molar-refractivity contribution in [3.63, 3.8) is 0 Å². The Morgan fingerprint density at radius 2 is 2.05 bits per heavy atom. The summed E-state index contributed by atoms with van der Waals surface area (Å²) in [4.78, 5) is 9.29. The van der Waals surface area contributed by atoms with Crippen LogP contribution in [0.15, 0.2) is 29.6 Å². The minimum Gasteiger partial charge on any atom is -0.497 e. The number of hydrogen-bond donors (Lipinski definition) is 0. The molecule has 0 saturated carbocycles. The van der Waals surface area contributed by atoms with E-state index in [1.807, 2.05) is 24.3 Å². The second-order valence-electron chi connectivity index (χ2n) is 4.89. The zero-order valence-corrected chi connectivity index (χ0v) is 12.5. The predicted octanol–water partition coefficient (Wildman–Crippen LogP) is 4.29. The first-order valence-electron chi connectivity index (χ1n) is 6.49. The van der Waals surface area contributed by atoms with E-state index in [2.05, 4.69) is 35.3 Å². The van der Waals surface area contributed by atoms with Gasteiger partial charge in [0.25, 0.3) is 0 Å². The minimum absolute atomic E-state index is 0.443. The molecule has 3 nitrogen and oxygen atoms in total. The van der Waals surface area contributed by atoms with Crippen molar-refractivity contribution < 1.29 is 4.74 Å². The summed E-state index contributed by atoms with van der Waals surface area (Å²) in [7, 11) is 1.66. The average Bonchev–Trinajstić information content (AvgIpc) is 2.96. The topological polar surface area (TPSA) is 35.0 Å². The smallest absolute Gasteiger partial charge is 0.121 e. The second kappa shape index (κ2) is 5.21. The SMILES string of the molecule is COc1ccc2[c]cc(-c3csc(C(C)C)n3)nc2c1. The highest BCUT2D eigenvalue weighted by Crippen LogP contribution is 2.27. The standard InChI is InChI=1S/C16H15N2OS/c1-10(2)16-18-15(9-20-16)13-7-5-11-4-6-12(19-3)8-14(11)17-13/h4,6-10H,1-3H3. The summed E-state index contributed by atoms with van der Waals surface area (Å²) in [6.45, 7) is 4.29. The average molecular weight is 283 g/mol. The Morgan fingerprint density at radius 3 is 2.75 bits per heavy atom. The molecule has 2 aromatic heterocycles. The van der Waals surface area contributed by atoms with Gasteiger partial charge in [0.2, 0.25) is 0 Å². The van der Waals surface area contributed by atoms with Crippen LogP contribution in [0.1, 0.15) is 24.8 Å². The van der Waals surface area contributed by atoms with Crippen molar-refractivity contribution >= 4 is 22.2 Å². The molecule has 4 heteroatoms. The third-order valence-corrected chi connectivity index (χ3v) is 4.23. The molecule has 0 bridgehead atoms. The number of hydrogen-bond acceptors (Lipinski definition) is 4. The van der Waals surface area contributed by atoms with E-state index in [1.54, 1.807) is 18.4 Å². The van der Waals surface area contributed by atoms with E-state index in [0.29, 0.717) is 5.92 Å². The lowest BCUT2D eigenvalue weighted by Gasteiger charge is -2.03.